The molecule has 0 saturated heterocycles. The van der Waals surface area contributed by atoms with Crippen molar-refractivity contribution in [2.24, 2.45) is 5.41 Å². The molecule has 0 radical (unpaired) electrons. The van der Waals surface area contributed by atoms with E-state index in [0.29, 0.717) is 0 Å². The van der Waals surface area contributed by atoms with Gasteiger partial charge in [-0.25, -0.2) is 0 Å². The highest BCUT2D eigenvalue weighted by Gasteiger charge is 2.28. The van der Waals surface area contributed by atoms with E-state index >= 15 is 0 Å². The molecule has 2 aromatic rings. The second-order valence-electron chi connectivity index (χ2n) is 5.91. The minimum Gasteiger partial charge on any atom is -0.0843 e. The minimum absolute atomic E-state index is 0.0926. The fraction of sp³-hybridized carbons (Fsp3) is 0.294. The second kappa shape index (κ2) is 5.56. The maximum Gasteiger partial charge on any atom is 0.0408 e. The lowest BCUT2D eigenvalue weighted by Gasteiger charge is -2.32. The minimum atomic E-state index is 0.0926. The SMILES string of the molecule is CC(C)(C)C(c1cccc(Cl)c1)c1cccc(Cl)c1. The monoisotopic (exact) mass is 292 g/mol. The van der Waals surface area contributed by atoms with Crippen molar-refractivity contribution in [3.63, 3.8) is 0 Å². The van der Waals surface area contributed by atoms with Crippen LogP contribution in [0.1, 0.15) is 37.8 Å². The van der Waals surface area contributed by atoms with Crippen molar-refractivity contribution < 1.29 is 0 Å². The molecule has 0 saturated carbocycles. The van der Waals surface area contributed by atoms with Gasteiger partial charge in [-0.1, -0.05) is 68.2 Å². The van der Waals surface area contributed by atoms with Gasteiger partial charge in [-0.15, -0.1) is 0 Å². The molecule has 2 aromatic carbocycles. The first-order chi connectivity index (χ1) is 8.88. The molecular weight excluding hydrogens is 275 g/mol. The lowest BCUT2D eigenvalue weighted by atomic mass is 9.72. The molecule has 0 amide bonds. The van der Waals surface area contributed by atoms with E-state index in [4.69, 9.17) is 23.2 Å². The van der Waals surface area contributed by atoms with Crippen LogP contribution in [0.15, 0.2) is 48.5 Å². The maximum absolute atomic E-state index is 6.13. The predicted molar refractivity (Wildman–Crippen MR) is 84.2 cm³/mol. The lowest BCUT2D eigenvalue weighted by molar-refractivity contribution is 0.358. The molecule has 0 atom stereocenters. The van der Waals surface area contributed by atoms with Crippen LogP contribution in [0.4, 0.5) is 0 Å². The standard InChI is InChI=1S/C17H18Cl2/c1-17(2,3)16(12-6-4-8-14(18)10-12)13-7-5-9-15(19)11-13/h4-11,16H,1-3H3. The molecule has 0 aliphatic heterocycles. The van der Waals surface area contributed by atoms with Crippen LogP contribution < -0.4 is 0 Å². The van der Waals surface area contributed by atoms with Gasteiger partial charge in [0.15, 0.2) is 0 Å². The summed E-state index contributed by atoms with van der Waals surface area (Å²) in [7, 11) is 0. The van der Waals surface area contributed by atoms with Gasteiger partial charge in [-0.05, 0) is 40.8 Å². The highest BCUT2D eigenvalue weighted by Crippen LogP contribution is 2.41. The van der Waals surface area contributed by atoms with Gasteiger partial charge >= 0.3 is 0 Å². The van der Waals surface area contributed by atoms with Crippen molar-refractivity contribution in [1.29, 1.82) is 0 Å². The smallest absolute Gasteiger partial charge is 0.0408 e. The zero-order chi connectivity index (χ0) is 14.0. The Morgan fingerprint density at radius 1 is 0.789 bits per heavy atom. The average molecular weight is 293 g/mol. The van der Waals surface area contributed by atoms with E-state index in [0.717, 1.165) is 10.0 Å². The molecule has 0 spiro atoms. The van der Waals surface area contributed by atoms with E-state index < -0.39 is 0 Å². The van der Waals surface area contributed by atoms with E-state index in [2.05, 4.69) is 32.9 Å². The van der Waals surface area contributed by atoms with Crippen LogP contribution in [-0.2, 0) is 0 Å². The Morgan fingerprint density at radius 3 is 1.53 bits per heavy atom. The Kier molecular flexibility index (Phi) is 4.23. The zero-order valence-electron chi connectivity index (χ0n) is 11.5. The fourth-order valence-corrected chi connectivity index (χ4v) is 2.96. The van der Waals surface area contributed by atoms with Gasteiger partial charge in [-0.3, -0.25) is 0 Å². The molecule has 2 heteroatoms. The quantitative estimate of drug-likeness (QED) is 0.621. The number of rotatable bonds is 2. The number of hydrogen-bond donors (Lipinski definition) is 0. The van der Waals surface area contributed by atoms with Gasteiger partial charge in [0.25, 0.3) is 0 Å². The molecule has 0 nitrogen and oxygen atoms in total. The summed E-state index contributed by atoms with van der Waals surface area (Å²) in [6, 6.07) is 16.1. The molecule has 0 bridgehead atoms. The normalized spacial score (nSPS) is 11.9. The molecule has 100 valence electrons. The first-order valence-electron chi connectivity index (χ1n) is 6.39. The van der Waals surface area contributed by atoms with Crippen molar-refractivity contribution in [2.75, 3.05) is 0 Å². The first kappa shape index (κ1) is 14.4. The molecule has 0 fully saturated rings. The van der Waals surface area contributed by atoms with Crippen LogP contribution in [0.2, 0.25) is 10.0 Å². The Morgan fingerprint density at radius 2 is 1.21 bits per heavy atom. The third-order valence-electron chi connectivity index (χ3n) is 3.23. The fourth-order valence-electron chi connectivity index (χ4n) is 2.56. The predicted octanol–water partition coefficient (Wildman–Crippen LogP) is 6.17. The van der Waals surface area contributed by atoms with E-state index in [1.54, 1.807) is 0 Å². The Hall–Kier alpha value is -0.980. The highest BCUT2D eigenvalue weighted by molar-refractivity contribution is 6.31. The van der Waals surface area contributed by atoms with Gasteiger partial charge < -0.3 is 0 Å². The molecule has 0 aromatic heterocycles. The van der Waals surface area contributed by atoms with Crippen molar-refractivity contribution in [3.05, 3.63) is 69.7 Å². The molecule has 0 aliphatic carbocycles. The third-order valence-corrected chi connectivity index (χ3v) is 3.70. The molecular formula is C17H18Cl2. The summed E-state index contributed by atoms with van der Waals surface area (Å²) >= 11 is 12.3. The van der Waals surface area contributed by atoms with Crippen molar-refractivity contribution >= 4 is 23.2 Å². The zero-order valence-corrected chi connectivity index (χ0v) is 13.0. The van der Waals surface area contributed by atoms with Gasteiger partial charge in [0, 0.05) is 16.0 Å². The number of hydrogen-bond acceptors (Lipinski definition) is 0. The third kappa shape index (κ3) is 3.52. The molecule has 0 heterocycles. The highest BCUT2D eigenvalue weighted by atomic mass is 35.5. The van der Waals surface area contributed by atoms with Gasteiger partial charge in [-0.2, -0.15) is 0 Å². The summed E-state index contributed by atoms with van der Waals surface area (Å²) in [6.45, 7) is 6.71. The van der Waals surface area contributed by atoms with Crippen molar-refractivity contribution in [2.45, 2.75) is 26.7 Å². The Balaban J connectivity index is 2.54. The van der Waals surface area contributed by atoms with Crippen LogP contribution in [-0.4, -0.2) is 0 Å². The van der Waals surface area contributed by atoms with E-state index in [9.17, 15) is 0 Å². The molecule has 19 heavy (non-hydrogen) atoms. The largest absolute Gasteiger partial charge is 0.0843 e. The summed E-state index contributed by atoms with van der Waals surface area (Å²) in [4.78, 5) is 0. The first-order valence-corrected chi connectivity index (χ1v) is 7.14. The van der Waals surface area contributed by atoms with Crippen LogP contribution in [0.3, 0.4) is 0 Å². The number of benzene rings is 2. The summed E-state index contributed by atoms with van der Waals surface area (Å²) in [5.41, 5.74) is 2.54. The average Bonchev–Trinajstić information content (AvgIpc) is 2.27. The summed E-state index contributed by atoms with van der Waals surface area (Å²) < 4.78 is 0. The summed E-state index contributed by atoms with van der Waals surface area (Å²) in [5, 5.41) is 1.54. The topological polar surface area (TPSA) is 0 Å². The van der Waals surface area contributed by atoms with Crippen molar-refractivity contribution in [1.82, 2.24) is 0 Å². The Labute approximate surface area is 125 Å². The second-order valence-corrected chi connectivity index (χ2v) is 6.78. The van der Waals surface area contributed by atoms with Crippen LogP contribution in [0.5, 0.6) is 0 Å². The van der Waals surface area contributed by atoms with E-state index in [1.807, 2.05) is 36.4 Å². The van der Waals surface area contributed by atoms with Crippen LogP contribution >= 0.6 is 23.2 Å². The van der Waals surface area contributed by atoms with E-state index in [1.165, 1.54) is 11.1 Å². The van der Waals surface area contributed by atoms with Crippen LogP contribution in [0.25, 0.3) is 0 Å². The molecule has 0 unspecified atom stereocenters. The molecule has 0 N–H and O–H groups in total. The van der Waals surface area contributed by atoms with Gasteiger partial charge in [0.05, 0.1) is 0 Å². The van der Waals surface area contributed by atoms with Crippen molar-refractivity contribution in [3.8, 4) is 0 Å². The molecule has 0 aliphatic rings. The summed E-state index contributed by atoms with van der Waals surface area (Å²) in [6.07, 6.45) is 0. The van der Waals surface area contributed by atoms with E-state index in [-0.39, 0.29) is 11.3 Å². The van der Waals surface area contributed by atoms with Gasteiger partial charge in [0.1, 0.15) is 0 Å². The van der Waals surface area contributed by atoms with Gasteiger partial charge in [0.2, 0.25) is 0 Å². The Bertz CT molecular complexity index is 522. The number of halogens is 2. The molecule has 2 rings (SSSR count). The lowest BCUT2D eigenvalue weighted by Crippen LogP contribution is -2.19. The summed E-state index contributed by atoms with van der Waals surface area (Å²) in [5.74, 6) is 0.268. The maximum atomic E-state index is 6.13. The van der Waals surface area contributed by atoms with Crippen LogP contribution in [0, 0.1) is 5.41 Å².